The number of nitrogens with zero attached hydrogens (tertiary/aromatic N) is 3. The molecule has 2 heterocycles. The number of carbonyl (C=O) groups is 1. The van der Waals surface area contributed by atoms with Gasteiger partial charge in [0.05, 0.1) is 17.7 Å². The number of hydrogen-bond donors (Lipinski definition) is 1. The van der Waals surface area contributed by atoms with Gasteiger partial charge in [0.1, 0.15) is 11.5 Å². The standard InChI is InChI=1S/C18H21BrN4O4S/c1-14-2-5-16(27-14)12-20-21-18(24)13-22-8-10-23(11-9-22)28(25,26)17-6-3-15(19)4-7-17/h2-7,12H,8-11,13H2,1H3,(H,21,24)/b20-12+. The largest absolute Gasteiger partial charge is 0.460 e. The molecule has 0 radical (unpaired) electrons. The lowest BCUT2D eigenvalue weighted by atomic mass is 10.3. The van der Waals surface area contributed by atoms with Crippen LogP contribution in [-0.4, -0.2) is 62.5 Å². The molecule has 28 heavy (non-hydrogen) atoms. The van der Waals surface area contributed by atoms with Gasteiger partial charge < -0.3 is 4.42 Å². The fourth-order valence-electron chi connectivity index (χ4n) is 2.81. The number of sulfonamides is 1. The monoisotopic (exact) mass is 468 g/mol. The average Bonchev–Trinajstić information content (AvgIpc) is 3.08. The Morgan fingerprint density at radius 1 is 1.18 bits per heavy atom. The van der Waals surface area contributed by atoms with Crippen LogP contribution in [0.4, 0.5) is 0 Å². The number of benzene rings is 1. The molecule has 1 aromatic heterocycles. The van der Waals surface area contributed by atoms with Crippen molar-refractivity contribution in [1.82, 2.24) is 14.6 Å². The summed E-state index contributed by atoms with van der Waals surface area (Å²) in [4.78, 5) is 14.2. The number of hydrazone groups is 1. The molecule has 2 aromatic rings. The zero-order valence-electron chi connectivity index (χ0n) is 15.3. The maximum atomic E-state index is 12.7. The third-order valence-corrected chi connectivity index (χ3v) is 6.73. The van der Waals surface area contributed by atoms with Crippen molar-refractivity contribution in [3.05, 3.63) is 52.4 Å². The lowest BCUT2D eigenvalue weighted by Crippen LogP contribution is -2.50. The van der Waals surface area contributed by atoms with E-state index in [1.54, 1.807) is 30.3 Å². The Bertz CT molecular complexity index is 948. The molecule has 1 amide bonds. The van der Waals surface area contributed by atoms with E-state index in [-0.39, 0.29) is 17.3 Å². The molecule has 10 heteroatoms. The first-order valence-electron chi connectivity index (χ1n) is 8.71. The third kappa shape index (κ3) is 5.28. The molecule has 0 aliphatic carbocycles. The second-order valence-corrected chi connectivity index (χ2v) is 9.23. The SMILES string of the molecule is Cc1ccc(/C=N/NC(=O)CN2CCN(S(=O)(=O)c3ccc(Br)cc3)CC2)o1. The van der Waals surface area contributed by atoms with Gasteiger partial charge in [-0.05, 0) is 43.3 Å². The molecule has 1 aliphatic rings. The number of furan rings is 1. The number of carbonyl (C=O) groups excluding carboxylic acids is 1. The van der Waals surface area contributed by atoms with Gasteiger partial charge in [-0.1, -0.05) is 15.9 Å². The van der Waals surface area contributed by atoms with Crippen molar-refractivity contribution in [2.45, 2.75) is 11.8 Å². The van der Waals surface area contributed by atoms with Crippen LogP contribution in [0.5, 0.6) is 0 Å². The van der Waals surface area contributed by atoms with Gasteiger partial charge in [-0.25, -0.2) is 13.8 Å². The predicted molar refractivity (Wildman–Crippen MR) is 109 cm³/mol. The molecule has 0 bridgehead atoms. The molecule has 1 aliphatic heterocycles. The summed E-state index contributed by atoms with van der Waals surface area (Å²) in [6.07, 6.45) is 1.44. The summed E-state index contributed by atoms with van der Waals surface area (Å²) < 4.78 is 33.0. The zero-order valence-corrected chi connectivity index (χ0v) is 17.7. The number of nitrogens with one attached hydrogen (secondary N) is 1. The summed E-state index contributed by atoms with van der Waals surface area (Å²) in [6, 6.07) is 10.1. The molecule has 0 saturated carbocycles. The summed E-state index contributed by atoms with van der Waals surface area (Å²) in [6.45, 7) is 3.60. The van der Waals surface area contributed by atoms with Crippen molar-refractivity contribution in [1.29, 1.82) is 0 Å². The smallest absolute Gasteiger partial charge is 0.254 e. The molecule has 3 rings (SSSR count). The molecule has 0 spiro atoms. The van der Waals surface area contributed by atoms with Crippen LogP contribution in [0.15, 0.2) is 55.3 Å². The Morgan fingerprint density at radius 3 is 2.46 bits per heavy atom. The van der Waals surface area contributed by atoms with Crippen molar-refractivity contribution in [3.8, 4) is 0 Å². The van der Waals surface area contributed by atoms with Crippen LogP contribution in [0.2, 0.25) is 0 Å². The summed E-state index contributed by atoms with van der Waals surface area (Å²) in [5, 5.41) is 3.87. The predicted octanol–water partition coefficient (Wildman–Crippen LogP) is 1.81. The molecule has 1 N–H and O–H groups in total. The summed E-state index contributed by atoms with van der Waals surface area (Å²) in [5.74, 6) is 1.07. The molecule has 8 nitrogen and oxygen atoms in total. The van der Waals surface area contributed by atoms with Crippen molar-refractivity contribution >= 4 is 38.1 Å². The maximum absolute atomic E-state index is 12.7. The number of aryl methyl sites for hydroxylation is 1. The highest BCUT2D eigenvalue weighted by Gasteiger charge is 2.28. The van der Waals surface area contributed by atoms with E-state index in [9.17, 15) is 13.2 Å². The van der Waals surface area contributed by atoms with E-state index in [0.29, 0.717) is 31.9 Å². The minimum atomic E-state index is -3.52. The van der Waals surface area contributed by atoms with E-state index in [0.717, 1.165) is 10.2 Å². The molecular weight excluding hydrogens is 448 g/mol. The van der Waals surface area contributed by atoms with Crippen LogP contribution < -0.4 is 5.43 Å². The van der Waals surface area contributed by atoms with Crippen molar-refractivity contribution in [3.63, 3.8) is 0 Å². The average molecular weight is 469 g/mol. The van der Waals surface area contributed by atoms with Crippen LogP contribution in [0.25, 0.3) is 0 Å². The first-order chi connectivity index (χ1) is 13.3. The summed E-state index contributed by atoms with van der Waals surface area (Å²) in [7, 11) is -3.52. The Hall–Kier alpha value is -2.01. The highest BCUT2D eigenvalue weighted by atomic mass is 79.9. The molecule has 0 unspecified atom stereocenters. The normalized spacial score (nSPS) is 16.5. The maximum Gasteiger partial charge on any atom is 0.254 e. The van der Waals surface area contributed by atoms with Gasteiger partial charge in [-0.15, -0.1) is 0 Å². The second kappa shape index (κ2) is 8.99. The second-order valence-electron chi connectivity index (χ2n) is 6.38. The quantitative estimate of drug-likeness (QED) is 0.515. The van der Waals surface area contributed by atoms with E-state index in [1.165, 1.54) is 10.5 Å². The van der Waals surface area contributed by atoms with Crippen LogP contribution in [0.1, 0.15) is 11.5 Å². The lowest BCUT2D eigenvalue weighted by molar-refractivity contribution is -0.122. The molecule has 150 valence electrons. The highest BCUT2D eigenvalue weighted by Crippen LogP contribution is 2.20. The fourth-order valence-corrected chi connectivity index (χ4v) is 4.50. The van der Waals surface area contributed by atoms with E-state index in [4.69, 9.17) is 4.42 Å². The van der Waals surface area contributed by atoms with E-state index in [2.05, 4.69) is 26.5 Å². The minimum absolute atomic E-state index is 0.153. The van der Waals surface area contributed by atoms with Gasteiger partial charge in [0, 0.05) is 30.7 Å². The first kappa shape index (κ1) is 20.7. The number of amides is 1. The Kier molecular flexibility index (Phi) is 6.65. The van der Waals surface area contributed by atoms with Crippen LogP contribution >= 0.6 is 15.9 Å². The van der Waals surface area contributed by atoms with Gasteiger partial charge in [0.25, 0.3) is 5.91 Å². The number of piperazine rings is 1. The molecule has 0 atom stereocenters. The van der Waals surface area contributed by atoms with Gasteiger partial charge in [0.2, 0.25) is 10.0 Å². The van der Waals surface area contributed by atoms with Crippen molar-refractivity contribution in [2.75, 3.05) is 32.7 Å². The minimum Gasteiger partial charge on any atom is -0.460 e. The molecule has 1 saturated heterocycles. The Labute approximate surface area is 172 Å². The van der Waals surface area contributed by atoms with Gasteiger partial charge in [-0.2, -0.15) is 9.41 Å². The van der Waals surface area contributed by atoms with Crippen molar-refractivity contribution < 1.29 is 17.6 Å². The Balaban J connectivity index is 1.47. The molecule has 1 fully saturated rings. The summed E-state index contributed by atoms with van der Waals surface area (Å²) in [5.41, 5.74) is 2.45. The van der Waals surface area contributed by atoms with E-state index in [1.807, 2.05) is 17.9 Å². The third-order valence-electron chi connectivity index (χ3n) is 4.29. The van der Waals surface area contributed by atoms with E-state index >= 15 is 0 Å². The van der Waals surface area contributed by atoms with Crippen molar-refractivity contribution in [2.24, 2.45) is 5.10 Å². The fraction of sp³-hybridized carbons (Fsp3) is 0.333. The first-order valence-corrected chi connectivity index (χ1v) is 10.9. The zero-order chi connectivity index (χ0) is 20.1. The van der Waals surface area contributed by atoms with Gasteiger partial charge >= 0.3 is 0 Å². The van der Waals surface area contributed by atoms with Gasteiger partial charge in [0.15, 0.2) is 0 Å². The number of hydrogen-bond acceptors (Lipinski definition) is 6. The topological polar surface area (TPSA) is 95.2 Å². The molecule has 1 aromatic carbocycles. The van der Waals surface area contributed by atoms with E-state index < -0.39 is 10.0 Å². The number of rotatable bonds is 6. The van der Waals surface area contributed by atoms with Crippen LogP contribution in [0.3, 0.4) is 0 Å². The molecular formula is C18H21BrN4O4S. The lowest BCUT2D eigenvalue weighted by Gasteiger charge is -2.33. The number of halogens is 1. The Morgan fingerprint density at radius 2 is 1.86 bits per heavy atom. The van der Waals surface area contributed by atoms with Crippen LogP contribution in [-0.2, 0) is 14.8 Å². The highest BCUT2D eigenvalue weighted by molar-refractivity contribution is 9.10. The van der Waals surface area contributed by atoms with Gasteiger partial charge in [-0.3, -0.25) is 9.69 Å². The summed E-state index contributed by atoms with van der Waals surface area (Å²) >= 11 is 3.30. The van der Waals surface area contributed by atoms with Crippen LogP contribution in [0, 0.1) is 6.92 Å².